The van der Waals surface area contributed by atoms with Crippen LogP contribution in [0.1, 0.15) is 11.2 Å². The molecule has 2 aromatic heterocycles. The van der Waals surface area contributed by atoms with Gasteiger partial charge in [0.2, 0.25) is 5.91 Å². The van der Waals surface area contributed by atoms with E-state index in [0.717, 1.165) is 5.56 Å². The second-order valence-electron chi connectivity index (χ2n) is 3.00. The first-order chi connectivity index (χ1) is 7.33. The number of nitrogens with zero attached hydrogens (tertiary/aromatic N) is 3. The monoisotopic (exact) mass is 200 g/mol. The number of pyridine rings is 1. The largest absolute Gasteiger partial charge is 0.274 e. The van der Waals surface area contributed by atoms with E-state index in [-0.39, 0.29) is 12.3 Å². The highest BCUT2D eigenvalue weighted by molar-refractivity contribution is 5.83. The Balaban J connectivity index is 2.46. The molecular formula is C11H10N3O. The van der Waals surface area contributed by atoms with E-state index >= 15 is 0 Å². The molecule has 0 saturated carbocycles. The van der Waals surface area contributed by atoms with E-state index in [1.165, 1.54) is 4.57 Å². The molecule has 75 valence electrons. The predicted octanol–water partition coefficient (Wildman–Crippen LogP) is 1.81. The number of imidazole rings is 1. The van der Waals surface area contributed by atoms with Gasteiger partial charge in [-0.2, -0.15) is 0 Å². The highest BCUT2D eigenvalue weighted by atomic mass is 16.2. The van der Waals surface area contributed by atoms with Crippen molar-refractivity contribution in [3.63, 3.8) is 0 Å². The summed E-state index contributed by atoms with van der Waals surface area (Å²) in [6, 6.07) is 3.63. The predicted molar refractivity (Wildman–Crippen MR) is 56.1 cm³/mol. The van der Waals surface area contributed by atoms with Crippen LogP contribution >= 0.6 is 0 Å². The third kappa shape index (κ3) is 1.79. The standard InChI is InChI=1S/C11H10N3O/c1-2-10(15)14-8-7-13-11(14)9-3-5-12-6-4-9/h3-8H,1-2H2. The third-order valence-corrected chi connectivity index (χ3v) is 2.06. The Kier molecular flexibility index (Phi) is 2.58. The Bertz CT molecular complexity index is 462. The van der Waals surface area contributed by atoms with E-state index in [1.54, 1.807) is 24.8 Å². The zero-order chi connectivity index (χ0) is 10.7. The van der Waals surface area contributed by atoms with Crippen molar-refractivity contribution in [2.45, 2.75) is 6.42 Å². The Morgan fingerprint density at radius 3 is 2.73 bits per heavy atom. The van der Waals surface area contributed by atoms with E-state index in [9.17, 15) is 4.79 Å². The van der Waals surface area contributed by atoms with E-state index in [2.05, 4.69) is 16.9 Å². The van der Waals surface area contributed by atoms with Crippen molar-refractivity contribution >= 4 is 5.91 Å². The van der Waals surface area contributed by atoms with Crippen LogP contribution in [0.5, 0.6) is 0 Å². The molecule has 0 aliphatic carbocycles. The molecule has 0 spiro atoms. The molecule has 2 heterocycles. The normalized spacial score (nSPS) is 10.2. The molecule has 0 bridgehead atoms. The van der Waals surface area contributed by atoms with Gasteiger partial charge in [0.1, 0.15) is 5.82 Å². The highest BCUT2D eigenvalue weighted by Crippen LogP contribution is 2.15. The van der Waals surface area contributed by atoms with Crippen molar-refractivity contribution in [1.29, 1.82) is 0 Å². The van der Waals surface area contributed by atoms with E-state index in [1.807, 2.05) is 12.1 Å². The Hall–Kier alpha value is -1.97. The van der Waals surface area contributed by atoms with Gasteiger partial charge in [-0.25, -0.2) is 4.98 Å². The summed E-state index contributed by atoms with van der Waals surface area (Å²) in [7, 11) is 0. The number of hydrogen-bond donors (Lipinski definition) is 0. The SMILES string of the molecule is [CH2]CC(=O)n1ccnc1-c1ccncc1. The Labute approximate surface area is 87.6 Å². The van der Waals surface area contributed by atoms with Crippen molar-refractivity contribution in [1.82, 2.24) is 14.5 Å². The second kappa shape index (κ2) is 4.04. The van der Waals surface area contributed by atoms with Crippen molar-refractivity contribution < 1.29 is 4.79 Å². The average molecular weight is 200 g/mol. The molecule has 0 unspecified atom stereocenters. The molecule has 0 fully saturated rings. The van der Waals surface area contributed by atoms with Gasteiger partial charge in [-0.3, -0.25) is 14.3 Å². The topological polar surface area (TPSA) is 47.8 Å². The van der Waals surface area contributed by atoms with Gasteiger partial charge in [0.15, 0.2) is 0 Å². The van der Waals surface area contributed by atoms with Crippen LogP contribution in [0.25, 0.3) is 11.4 Å². The molecule has 4 heteroatoms. The fraction of sp³-hybridized carbons (Fsp3) is 0.0909. The minimum absolute atomic E-state index is 0.0701. The fourth-order valence-corrected chi connectivity index (χ4v) is 1.34. The van der Waals surface area contributed by atoms with Crippen LogP contribution in [0.4, 0.5) is 0 Å². The van der Waals surface area contributed by atoms with E-state index in [0.29, 0.717) is 5.82 Å². The van der Waals surface area contributed by atoms with Crippen molar-refractivity contribution in [2.24, 2.45) is 0 Å². The summed E-state index contributed by atoms with van der Waals surface area (Å²) in [6.07, 6.45) is 6.80. The second-order valence-corrected chi connectivity index (χ2v) is 3.00. The van der Waals surface area contributed by atoms with Crippen LogP contribution in [-0.4, -0.2) is 20.4 Å². The van der Waals surface area contributed by atoms with Crippen molar-refractivity contribution in [3.8, 4) is 11.4 Å². The van der Waals surface area contributed by atoms with Gasteiger partial charge in [0.05, 0.1) is 0 Å². The van der Waals surface area contributed by atoms with E-state index < -0.39 is 0 Å². The summed E-state index contributed by atoms with van der Waals surface area (Å²) in [6.45, 7) is 3.57. The van der Waals surface area contributed by atoms with E-state index in [4.69, 9.17) is 0 Å². The van der Waals surface area contributed by atoms with Gasteiger partial charge in [0, 0.05) is 36.8 Å². The minimum Gasteiger partial charge on any atom is -0.274 e. The zero-order valence-corrected chi connectivity index (χ0v) is 8.13. The average Bonchev–Trinajstić information content (AvgIpc) is 2.78. The molecule has 2 rings (SSSR count). The lowest BCUT2D eigenvalue weighted by Crippen LogP contribution is -2.09. The number of carbonyl (C=O) groups excluding carboxylic acids is 1. The van der Waals surface area contributed by atoms with Gasteiger partial charge in [-0.05, 0) is 19.1 Å². The van der Waals surface area contributed by atoms with Crippen LogP contribution < -0.4 is 0 Å². The lowest BCUT2D eigenvalue weighted by atomic mass is 10.2. The summed E-state index contributed by atoms with van der Waals surface area (Å²) in [5.41, 5.74) is 0.872. The molecule has 15 heavy (non-hydrogen) atoms. The molecular weight excluding hydrogens is 190 g/mol. The lowest BCUT2D eigenvalue weighted by Gasteiger charge is -2.03. The summed E-state index contributed by atoms with van der Waals surface area (Å²) < 4.78 is 1.50. The molecule has 4 nitrogen and oxygen atoms in total. The number of aromatic nitrogens is 3. The van der Waals surface area contributed by atoms with Crippen molar-refractivity contribution in [3.05, 3.63) is 43.8 Å². The number of hydrogen-bond acceptors (Lipinski definition) is 3. The van der Waals surface area contributed by atoms with Crippen LogP contribution in [0.2, 0.25) is 0 Å². The van der Waals surface area contributed by atoms with Gasteiger partial charge < -0.3 is 0 Å². The molecule has 0 atom stereocenters. The number of rotatable bonds is 2. The third-order valence-electron chi connectivity index (χ3n) is 2.06. The zero-order valence-electron chi connectivity index (χ0n) is 8.13. The fourth-order valence-electron chi connectivity index (χ4n) is 1.34. The minimum atomic E-state index is -0.0701. The summed E-state index contributed by atoms with van der Waals surface area (Å²) in [5.74, 6) is 0.561. The van der Waals surface area contributed by atoms with Crippen molar-refractivity contribution in [2.75, 3.05) is 0 Å². The first-order valence-corrected chi connectivity index (χ1v) is 4.59. The molecule has 2 aromatic rings. The summed E-state index contributed by atoms with van der Waals surface area (Å²) in [4.78, 5) is 19.6. The smallest absolute Gasteiger partial charge is 0.232 e. The molecule has 0 aliphatic heterocycles. The van der Waals surface area contributed by atoms with Gasteiger partial charge in [-0.1, -0.05) is 0 Å². The first kappa shape index (κ1) is 9.58. The maximum Gasteiger partial charge on any atom is 0.232 e. The molecule has 0 N–H and O–H groups in total. The van der Waals surface area contributed by atoms with Gasteiger partial charge in [0.25, 0.3) is 0 Å². The van der Waals surface area contributed by atoms with Crippen LogP contribution in [0.3, 0.4) is 0 Å². The van der Waals surface area contributed by atoms with Crippen LogP contribution in [0.15, 0.2) is 36.9 Å². The van der Waals surface area contributed by atoms with Gasteiger partial charge in [-0.15, -0.1) is 0 Å². The Morgan fingerprint density at radius 1 is 1.33 bits per heavy atom. The summed E-state index contributed by atoms with van der Waals surface area (Å²) >= 11 is 0. The lowest BCUT2D eigenvalue weighted by molar-refractivity contribution is 0.0918. The molecule has 0 saturated heterocycles. The first-order valence-electron chi connectivity index (χ1n) is 4.59. The van der Waals surface area contributed by atoms with Gasteiger partial charge >= 0.3 is 0 Å². The number of carbonyl (C=O) groups is 1. The highest BCUT2D eigenvalue weighted by Gasteiger charge is 2.09. The van der Waals surface area contributed by atoms with Crippen LogP contribution in [0, 0.1) is 6.92 Å². The molecule has 0 aliphatic rings. The quantitative estimate of drug-likeness (QED) is 0.742. The maximum atomic E-state index is 11.5. The molecule has 0 amide bonds. The summed E-state index contributed by atoms with van der Waals surface area (Å²) in [5, 5.41) is 0. The van der Waals surface area contributed by atoms with Crippen LogP contribution in [-0.2, 0) is 0 Å². The maximum absolute atomic E-state index is 11.5. The Morgan fingerprint density at radius 2 is 2.07 bits per heavy atom. The molecule has 1 radical (unpaired) electrons. The molecule has 0 aromatic carbocycles.